The summed E-state index contributed by atoms with van der Waals surface area (Å²) in [4.78, 5) is 13.3. The van der Waals surface area contributed by atoms with Crippen LogP contribution in [-0.2, 0) is 18.4 Å². The van der Waals surface area contributed by atoms with Crippen LogP contribution in [0.2, 0.25) is 0 Å². The van der Waals surface area contributed by atoms with Crippen molar-refractivity contribution in [1.29, 1.82) is 0 Å². The van der Waals surface area contributed by atoms with Crippen LogP contribution in [-0.4, -0.2) is 75.2 Å². The molecule has 27 heavy (non-hydrogen) atoms. The van der Waals surface area contributed by atoms with Crippen molar-refractivity contribution < 1.29 is 14.3 Å². The number of aliphatic hydroxyl groups excluding tert-OH is 1. The fourth-order valence-corrected chi connectivity index (χ4v) is 3.38. The van der Waals surface area contributed by atoms with Crippen molar-refractivity contribution in [3.8, 4) is 0 Å². The van der Waals surface area contributed by atoms with Gasteiger partial charge in [0.1, 0.15) is 24.5 Å². The maximum Gasteiger partial charge on any atom is 0.163 e. The number of β-amino-alcohol motifs (C(OH)–C–C–N with tert-alkyl or cyclic N) is 1. The number of fused-ring (bicyclic) bond motifs is 1. The zero-order chi connectivity index (χ0) is 18.6. The average Bonchev–Trinajstić information content (AvgIpc) is 3.33. The van der Waals surface area contributed by atoms with Crippen LogP contribution in [0.5, 0.6) is 0 Å². The quantitative estimate of drug-likeness (QED) is 0.646. The third kappa shape index (κ3) is 4.10. The fourth-order valence-electron chi connectivity index (χ4n) is 3.38. The van der Waals surface area contributed by atoms with Gasteiger partial charge in [0.05, 0.1) is 30.6 Å². The zero-order valence-corrected chi connectivity index (χ0v) is 15.4. The topological polar surface area (TPSA) is 92.7 Å². The molecule has 0 radical (unpaired) electrons. The Balaban J connectivity index is 1.26. The number of ether oxygens (including phenoxy) is 1. The molecule has 0 bridgehead atoms. The van der Waals surface area contributed by atoms with Gasteiger partial charge in [-0.1, -0.05) is 0 Å². The normalized spacial score (nSPS) is 16.9. The molecule has 0 unspecified atom stereocenters. The Labute approximate surface area is 157 Å². The van der Waals surface area contributed by atoms with Crippen molar-refractivity contribution in [2.45, 2.75) is 12.7 Å². The number of rotatable bonds is 7. The Hall–Kier alpha value is -2.49. The number of aliphatic hydroxyl groups is 1. The van der Waals surface area contributed by atoms with Gasteiger partial charge in [-0.2, -0.15) is 5.10 Å². The minimum Gasteiger partial charge on any atom is -0.467 e. The molecule has 1 fully saturated rings. The van der Waals surface area contributed by atoms with Gasteiger partial charge in [0.25, 0.3) is 0 Å². The number of hydrogen-bond acceptors (Lipinski definition) is 8. The number of furan rings is 1. The predicted octanol–water partition coefficient (Wildman–Crippen LogP) is 0.656. The SMILES string of the molecule is Cn1ncc2c(N3CCN(C[C@@H](O)COCc4ccco4)CC3)ncnc21. The van der Waals surface area contributed by atoms with Gasteiger partial charge in [-0.15, -0.1) is 0 Å². The van der Waals surface area contributed by atoms with Crippen LogP contribution in [0.1, 0.15) is 5.76 Å². The van der Waals surface area contributed by atoms with Gasteiger partial charge in [-0.05, 0) is 12.1 Å². The molecule has 4 rings (SSSR count). The molecule has 3 aromatic heterocycles. The number of nitrogens with zero attached hydrogens (tertiary/aromatic N) is 6. The molecule has 0 amide bonds. The van der Waals surface area contributed by atoms with Gasteiger partial charge in [0.2, 0.25) is 0 Å². The molecule has 0 aliphatic carbocycles. The fraction of sp³-hybridized carbons (Fsp3) is 0.500. The third-order valence-corrected chi connectivity index (χ3v) is 4.78. The van der Waals surface area contributed by atoms with Crippen molar-refractivity contribution in [2.24, 2.45) is 7.05 Å². The molecule has 3 aromatic rings. The lowest BCUT2D eigenvalue weighted by Gasteiger charge is -2.36. The molecule has 144 valence electrons. The second kappa shape index (κ2) is 8.03. The smallest absolute Gasteiger partial charge is 0.163 e. The summed E-state index contributed by atoms with van der Waals surface area (Å²) in [5.41, 5.74) is 0.839. The molecule has 1 aliphatic heterocycles. The third-order valence-electron chi connectivity index (χ3n) is 4.78. The molecular weight excluding hydrogens is 348 g/mol. The molecular formula is C18H24N6O3. The maximum absolute atomic E-state index is 10.2. The van der Waals surface area contributed by atoms with Gasteiger partial charge in [-0.3, -0.25) is 9.58 Å². The molecule has 1 aliphatic rings. The first kappa shape index (κ1) is 17.9. The Kier molecular flexibility index (Phi) is 5.33. The lowest BCUT2D eigenvalue weighted by molar-refractivity contribution is 0.00441. The van der Waals surface area contributed by atoms with Gasteiger partial charge < -0.3 is 19.2 Å². The monoisotopic (exact) mass is 372 g/mol. The van der Waals surface area contributed by atoms with Crippen LogP contribution < -0.4 is 4.90 Å². The maximum atomic E-state index is 10.2. The lowest BCUT2D eigenvalue weighted by Crippen LogP contribution is -2.49. The number of piperazine rings is 1. The predicted molar refractivity (Wildman–Crippen MR) is 99.3 cm³/mol. The van der Waals surface area contributed by atoms with Crippen molar-refractivity contribution in [2.75, 3.05) is 44.2 Å². The van der Waals surface area contributed by atoms with Crippen LogP contribution >= 0.6 is 0 Å². The van der Waals surface area contributed by atoms with E-state index in [-0.39, 0.29) is 0 Å². The molecule has 4 heterocycles. The van der Waals surface area contributed by atoms with E-state index in [1.807, 2.05) is 25.4 Å². The zero-order valence-electron chi connectivity index (χ0n) is 15.4. The minimum atomic E-state index is -0.518. The molecule has 9 nitrogen and oxygen atoms in total. The summed E-state index contributed by atoms with van der Waals surface area (Å²) < 4.78 is 12.5. The molecule has 0 spiro atoms. The Morgan fingerprint density at radius 3 is 2.89 bits per heavy atom. The van der Waals surface area contributed by atoms with E-state index in [2.05, 4.69) is 24.9 Å². The van der Waals surface area contributed by atoms with E-state index in [9.17, 15) is 5.11 Å². The molecule has 1 saturated heterocycles. The standard InChI is InChI=1S/C18H24N6O3/c1-22-17-16(9-21-22)18(20-13-19-17)24-6-4-23(5-7-24)10-14(25)11-26-12-15-3-2-8-27-15/h2-3,8-9,13-14,25H,4-7,10-12H2,1H3/t14-/m1/s1. The first-order valence-electron chi connectivity index (χ1n) is 9.09. The average molecular weight is 372 g/mol. The van der Waals surface area contributed by atoms with Crippen LogP contribution in [0.15, 0.2) is 35.3 Å². The van der Waals surface area contributed by atoms with Gasteiger partial charge in [-0.25, -0.2) is 9.97 Å². The molecule has 0 aromatic carbocycles. The van der Waals surface area contributed by atoms with Crippen LogP contribution in [0.25, 0.3) is 11.0 Å². The highest BCUT2D eigenvalue weighted by molar-refractivity contribution is 5.86. The van der Waals surface area contributed by atoms with E-state index >= 15 is 0 Å². The van der Waals surface area contributed by atoms with Gasteiger partial charge in [0.15, 0.2) is 5.65 Å². The minimum absolute atomic E-state index is 0.295. The summed E-state index contributed by atoms with van der Waals surface area (Å²) in [6, 6.07) is 3.68. The highest BCUT2D eigenvalue weighted by Crippen LogP contribution is 2.23. The van der Waals surface area contributed by atoms with Gasteiger partial charge in [0, 0.05) is 39.8 Å². The summed E-state index contributed by atoms with van der Waals surface area (Å²) in [6.07, 6.45) is 4.50. The Morgan fingerprint density at radius 2 is 2.11 bits per heavy atom. The van der Waals surface area contributed by atoms with E-state index in [0.717, 1.165) is 48.8 Å². The van der Waals surface area contributed by atoms with Crippen molar-refractivity contribution in [3.63, 3.8) is 0 Å². The second-order valence-corrected chi connectivity index (χ2v) is 6.74. The number of aromatic nitrogens is 4. The van der Waals surface area contributed by atoms with Crippen LogP contribution in [0.3, 0.4) is 0 Å². The largest absolute Gasteiger partial charge is 0.467 e. The van der Waals surface area contributed by atoms with E-state index in [1.165, 1.54) is 0 Å². The molecule has 9 heteroatoms. The first-order chi connectivity index (χ1) is 13.2. The summed E-state index contributed by atoms with van der Waals surface area (Å²) in [7, 11) is 1.88. The Bertz CT molecular complexity index is 857. The van der Waals surface area contributed by atoms with E-state index in [0.29, 0.717) is 19.8 Å². The molecule has 0 saturated carbocycles. The molecule has 1 atom stereocenters. The van der Waals surface area contributed by atoms with Crippen LogP contribution in [0, 0.1) is 0 Å². The number of hydrogen-bond donors (Lipinski definition) is 1. The van der Waals surface area contributed by atoms with E-state index in [1.54, 1.807) is 17.3 Å². The summed E-state index contributed by atoms with van der Waals surface area (Å²) in [5.74, 6) is 1.69. The summed E-state index contributed by atoms with van der Waals surface area (Å²) >= 11 is 0. The highest BCUT2D eigenvalue weighted by atomic mass is 16.5. The summed E-state index contributed by atoms with van der Waals surface area (Å²) in [5, 5.41) is 15.5. The van der Waals surface area contributed by atoms with Gasteiger partial charge >= 0.3 is 0 Å². The summed E-state index contributed by atoms with van der Waals surface area (Å²) in [6.45, 7) is 4.69. The van der Waals surface area contributed by atoms with Crippen molar-refractivity contribution in [1.82, 2.24) is 24.6 Å². The van der Waals surface area contributed by atoms with E-state index in [4.69, 9.17) is 9.15 Å². The number of aryl methyl sites for hydroxylation is 1. The first-order valence-corrected chi connectivity index (χ1v) is 9.09. The molecule has 1 N–H and O–H groups in total. The van der Waals surface area contributed by atoms with Crippen molar-refractivity contribution >= 4 is 16.9 Å². The highest BCUT2D eigenvalue weighted by Gasteiger charge is 2.22. The Morgan fingerprint density at radius 1 is 1.26 bits per heavy atom. The number of anilines is 1. The van der Waals surface area contributed by atoms with Crippen LogP contribution in [0.4, 0.5) is 5.82 Å². The lowest BCUT2D eigenvalue weighted by atomic mass is 10.2. The van der Waals surface area contributed by atoms with E-state index < -0.39 is 6.10 Å². The van der Waals surface area contributed by atoms with Crippen molar-refractivity contribution in [3.05, 3.63) is 36.7 Å². The second-order valence-electron chi connectivity index (χ2n) is 6.74.